The lowest BCUT2D eigenvalue weighted by atomic mass is 9.66. The van der Waals surface area contributed by atoms with Crippen LogP contribution in [0.15, 0.2) is 0 Å². The Hall–Kier alpha value is -1.14. The molecule has 2 aliphatic carbocycles. The van der Waals surface area contributed by atoms with Crippen LogP contribution in [-0.2, 0) is 14.8 Å². The molecule has 3 rings (SSSR count). The van der Waals surface area contributed by atoms with Crippen molar-refractivity contribution in [3.05, 3.63) is 0 Å². The summed E-state index contributed by atoms with van der Waals surface area (Å²) in [6, 6.07) is 0. The average Bonchev–Trinajstić information content (AvgIpc) is 2.69. The fraction of sp³-hybridized carbons (Fsp3) is 0.875. The van der Waals surface area contributed by atoms with E-state index in [-0.39, 0.29) is 0 Å². The first-order valence-corrected chi connectivity index (χ1v) is 8.45. The van der Waals surface area contributed by atoms with Crippen molar-refractivity contribution in [2.75, 3.05) is 0 Å². The van der Waals surface area contributed by atoms with E-state index in [0.29, 0.717) is 25.7 Å². The van der Waals surface area contributed by atoms with Gasteiger partial charge >= 0.3 is 5.97 Å². The second-order valence-corrected chi connectivity index (χ2v) is 7.32. The highest BCUT2D eigenvalue weighted by atomic mass is 16.5. The fourth-order valence-electron chi connectivity index (χ4n) is 5.47. The molecule has 0 unspecified atom stereocenters. The smallest absolute Gasteiger partial charge is 0.309 e. The number of hydrogen-bond donors (Lipinski definition) is 2. The molecule has 0 aromatic heterocycles. The number of rotatable bonds is 2. The Labute approximate surface area is 130 Å². The van der Waals surface area contributed by atoms with E-state index in [2.05, 4.69) is 0 Å². The maximum atomic E-state index is 13.3. The predicted molar refractivity (Wildman–Crippen MR) is 78.0 cm³/mol. The summed E-state index contributed by atoms with van der Waals surface area (Å²) in [5, 5.41) is 24.2. The van der Waals surface area contributed by atoms with Gasteiger partial charge in [-0.2, -0.15) is 0 Å². The Morgan fingerprint density at radius 3 is 1.64 bits per heavy atom. The molecule has 1 radical (unpaired) electrons. The van der Waals surface area contributed by atoms with Crippen molar-refractivity contribution in [2.45, 2.75) is 75.3 Å². The number of hydrogen-bond acceptors (Lipinski definition) is 3. The van der Waals surface area contributed by atoms with Crippen molar-refractivity contribution in [1.82, 2.24) is 5.06 Å². The van der Waals surface area contributed by atoms with Crippen LogP contribution in [-0.4, -0.2) is 33.1 Å². The quantitative estimate of drug-likeness (QED) is 0.812. The van der Waals surface area contributed by atoms with Gasteiger partial charge < -0.3 is 10.8 Å². The number of nitrogens with zero attached hydrogens (tertiary/aromatic N) is 1. The number of nitrogens with two attached hydrogens (primary N) is 1. The van der Waals surface area contributed by atoms with Crippen molar-refractivity contribution in [1.29, 1.82) is 0 Å². The number of aliphatic carboxylic acids is 1. The normalized spacial score (nSPS) is 34.0. The van der Waals surface area contributed by atoms with Gasteiger partial charge in [0.2, 0.25) is 5.91 Å². The second kappa shape index (κ2) is 5.49. The Bertz CT molecular complexity index is 425. The molecule has 1 amide bonds. The Balaban J connectivity index is 2.11. The van der Waals surface area contributed by atoms with E-state index in [1.54, 1.807) is 0 Å². The van der Waals surface area contributed by atoms with Crippen molar-refractivity contribution in [2.24, 2.45) is 17.6 Å². The molecular formula is C16H25N2O4. The van der Waals surface area contributed by atoms with Crippen molar-refractivity contribution in [3.63, 3.8) is 0 Å². The summed E-state index contributed by atoms with van der Waals surface area (Å²) in [4.78, 5) is 24.1. The summed E-state index contributed by atoms with van der Waals surface area (Å²) >= 11 is 0. The summed E-state index contributed by atoms with van der Waals surface area (Å²) in [6.07, 6.45) is 7.81. The monoisotopic (exact) mass is 309 g/mol. The first-order chi connectivity index (χ1) is 10.5. The molecule has 3 aliphatic rings. The van der Waals surface area contributed by atoms with Crippen LogP contribution in [0.4, 0.5) is 0 Å². The van der Waals surface area contributed by atoms with Gasteiger partial charge in [0.25, 0.3) is 0 Å². The lowest BCUT2D eigenvalue weighted by Gasteiger charge is -2.45. The number of carboxylic acid groups (broad SMARTS) is 1. The van der Waals surface area contributed by atoms with E-state index in [1.807, 2.05) is 0 Å². The number of amides is 1. The first-order valence-electron chi connectivity index (χ1n) is 8.45. The molecule has 0 bridgehead atoms. The van der Waals surface area contributed by atoms with E-state index in [1.165, 1.54) is 0 Å². The molecular weight excluding hydrogens is 284 g/mol. The van der Waals surface area contributed by atoms with E-state index < -0.39 is 34.8 Å². The number of primary amides is 1. The van der Waals surface area contributed by atoms with Gasteiger partial charge in [0, 0.05) is 0 Å². The predicted octanol–water partition coefficient (Wildman–Crippen LogP) is 1.86. The van der Waals surface area contributed by atoms with Crippen LogP contribution < -0.4 is 5.73 Å². The Kier molecular flexibility index (Phi) is 3.93. The molecule has 6 nitrogen and oxygen atoms in total. The lowest BCUT2D eigenvalue weighted by Crippen LogP contribution is -2.56. The minimum atomic E-state index is -1.03. The molecule has 2 saturated carbocycles. The van der Waals surface area contributed by atoms with Crippen molar-refractivity contribution < 1.29 is 19.9 Å². The molecule has 22 heavy (non-hydrogen) atoms. The Morgan fingerprint density at radius 2 is 1.27 bits per heavy atom. The minimum Gasteiger partial charge on any atom is -0.481 e. The third kappa shape index (κ3) is 2.00. The number of hydroxylamine groups is 2. The van der Waals surface area contributed by atoms with Crippen LogP contribution in [0.5, 0.6) is 0 Å². The molecule has 2 spiro atoms. The third-order valence-electron chi connectivity index (χ3n) is 6.31. The van der Waals surface area contributed by atoms with Gasteiger partial charge in [-0.25, -0.2) is 0 Å². The fourth-order valence-corrected chi connectivity index (χ4v) is 5.47. The summed E-state index contributed by atoms with van der Waals surface area (Å²) in [5.74, 6) is -3.46. The van der Waals surface area contributed by atoms with Gasteiger partial charge in [-0.3, -0.25) is 9.59 Å². The van der Waals surface area contributed by atoms with Crippen LogP contribution in [0, 0.1) is 11.8 Å². The van der Waals surface area contributed by atoms with Crippen molar-refractivity contribution in [3.8, 4) is 0 Å². The first kappa shape index (κ1) is 15.7. The SMILES string of the molecule is NC(=O)[C@H]1[C@H](C(=O)O)C2(CCCCC2)N([O])C12CCCCC2. The van der Waals surface area contributed by atoms with Crippen LogP contribution in [0.3, 0.4) is 0 Å². The molecule has 3 N–H and O–H groups in total. The third-order valence-corrected chi connectivity index (χ3v) is 6.31. The molecule has 0 aromatic rings. The summed E-state index contributed by atoms with van der Waals surface area (Å²) in [6.45, 7) is 0. The second-order valence-electron chi connectivity index (χ2n) is 7.32. The zero-order valence-electron chi connectivity index (χ0n) is 12.9. The van der Waals surface area contributed by atoms with E-state index >= 15 is 0 Å². The maximum Gasteiger partial charge on any atom is 0.309 e. The number of carbonyl (C=O) groups excluding carboxylic acids is 1. The van der Waals surface area contributed by atoms with Crippen LogP contribution >= 0.6 is 0 Å². The molecule has 1 saturated heterocycles. The molecule has 123 valence electrons. The zero-order valence-corrected chi connectivity index (χ0v) is 12.9. The van der Waals surface area contributed by atoms with Gasteiger partial charge in [-0.15, -0.1) is 10.3 Å². The number of carboxylic acids is 1. The maximum absolute atomic E-state index is 13.3. The van der Waals surface area contributed by atoms with E-state index in [0.717, 1.165) is 43.6 Å². The van der Waals surface area contributed by atoms with Crippen LogP contribution in [0.2, 0.25) is 0 Å². The molecule has 0 aromatic carbocycles. The summed E-state index contributed by atoms with van der Waals surface area (Å²) in [5.41, 5.74) is 3.80. The van der Waals surface area contributed by atoms with Gasteiger partial charge in [0.1, 0.15) is 0 Å². The molecule has 2 atom stereocenters. The highest BCUT2D eigenvalue weighted by Gasteiger charge is 2.70. The van der Waals surface area contributed by atoms with Gasteiger partial charge in [0.15, 0.2) is 0 Å². The minimum absolute atomic E-state index is 0.568. The Morgan fingerprint density at radius 1 is 0.864 bits per heavy atom. The average molecular weight is 309 g/mol. The van der Waals surface area contributed by atoms with Crippen molar-refractivity contribution >= 4 is 11.9 Å². The molecule has 1 aliphatic heterocycles. The molecule has 6 heteroatoms. The van der Waals surface area contributed by atoms with Crippen LogP contribution in [0.1, 0.15) is 64.2 Å². The van der Waals surface area contributed by atoms with Crippen LogP contribution in [0.25, 0.3) is 0 Å². The zero-order chi connectivity index (χ0) is 16.0. The van der Waals surface area contributed by atoms with E-state index in [9.17, 15) is 19.9 Å². The highest BCUT2D eigenvalue weighted by Crippen LogP contribution is 2.58. The van der Waals surface area contributed by atoms with Gasteiger partial charge in [0.05, 0.1) is 22.9 Å². The number of carbonyl (C=O) groups is 2. The summed E-state index contributed by atoms with van der Waals surface area (Å²) < 4.78 is 0. The molecule has 3 fully saturated rings. The topological polar surface area (TPSA) is 104 Å². The standard InChI is InChI=1S/C16H25N2O4/c17-13(19)11-12(14(20)21)16(9-5-2-6-10-16)18(22)15(11)7-3-1-4-8-15/h11-12H,1-10H2,(H2,17,19)(H,20,21)/t11-,12-/m1/s1. The largest absolute Gasteiger partial charge is 0.481 e. The van der Waals surface area contributed by atoms with Gasteiger partial charge in [-0.1, -0.05) is 38.5 Å². The molecule has 1 heterocycles. The van der Waals surface area contributed by atoms with E-state index in [4.69, 9.17) is 5.73 Å². The highest BCUT2D eigenvalue weighted by molar-refractivity contribution is 5.87. The lowest BCUT2D eigenvalue weighted by molar-refractivity contribution is -0.279. The van der Waals surface area contributed by atoms with Gasteiger partial charge in [-0.05, 0) is 25.7 Å². The summed E-state index contributed by atoms with van der Waals surface area (Å²) in [7, 11) is 0.